The monoisotopic (exact) mass is 350 g/mol. The number of rotatable bonds is 6. The SMILES string of the molecule is CNC(=O)c1cccc(CCNc2ccc([N+](=O)[O-])c3cccnc23)c1. The second-order valence-corrected chi connectivity index (χ2v) is 5.75. The van der Waals surface area contributed by atoms with E-state index in [0.717, 1.165) is 11.3 Å². The number of carbonyl (C=O) groups is 1. The zero-order valence-electron chi connectivity index (χ0n) is 14.2. The van der Waals surface area contributed by atoms with E-state index in [-0.39, 0.29) is 11.6 Å². The number of non-ortho nitro benzene ring substituents is 1. The molecule has 0 saturated carbocycles. The van der Waals surface area contributed by atoms with Gasteiger partial charge < -0.3 is 10.6 Å². The average Bonchev–Trinajstić information content (AvgIpc) is 2.67. The maximum absolute atomic E-state index is 11.7. The number of hydrogen-bond acceptors (Lipinski definition) is 5. The van der Waals surface area contributed by atoms with E-state index < -0.39 is 4.92 Å². The molecule has 7 nitrogen and oxygen atoms in total. The van der Waals surface area contributed by atoms with Crippen LogP contribution in [0.1, 0.15) is 15.9 Å². The highest BCUT2D eigenvalue weighted by molar-refractivity contribution is 5.96. The highest BCUT2D eigenvalue weighted by Crippen LogP contribution is 2.29. The predicted molar refractivity (Wildman–Crippen MR) is 100 cm³/mol. The molecule has 0 aliphatic rings. The van der Waals surface area contributed by atoms with Crippen molar-refractivity contribution in [3.8, 4) is 0 Å². The summed E-state index contributed by atoms with van der Waals surface area (Å²) in [6.45, 7) is 0.612. The predicted octanol–water partition coefficient (Wildman–Crippen LogP) is 3.16. The van der Waals surface area contributed by atoms with Crippen molar-refractivity contribution < 1.29 is 9.72 Å². The lowest BCUT2D eigenvalue weighted by Gasteiger charge is -2.10. The molecule has 7 heteroatoms. The Morgan fingerprint density at radius 2 is 2.04 bits per heavy atom. The maximum atomic E-state index is 11.7. The summed E-state index contributed by atoms with van der Waals surface area (Å²) in [5.41, 5.74) is 3.00. The first-order valence-corrected chi connectivity index (χ1v) is 8.17. The minimum atomic E-state index is -0.405. The third-order valence-electron chi connectivity index (χ3n) is 4.09. The molecule has 1 aromatic heterocycles. The number of pyridine rings is 1. The average molecular weight is 350 g/mol. The second-order valence-electron chi connectivity index (χ2n) is 5.75. The first-order chi connectivity index (χ1) is 12.6. The molecule has 0 spiro atoms. The third-order valence-corrected chi connectivity index (χ3v) is 4.09. The van der Waals surface area contributed by atoms with Gasteiger partial charge in [0.05, 0.1) is 16.0 Å². The van der Waals surface area contributed by atoms with Crippen molar-refractivity contribution in [3.05, 3.63) is 76.0 Å². The summed E-state index contributed by atoms with van der Waals surface area (Å²) in [7, 11) is 1.60. The smallest absolute Gasteiger partial charge is 0.278 e. The number of fused-ring (bicyclic) bond motifs is 1. The molecular formula is C19H18N4O3. The van der Waals surface area contributed by atoms with Crippen molar-refractivity contribution in [2.45, 2.75) is 6.42 Å². The second kappa shape index (κ2) is 7.60. The molecular weight excluding hydrogens is 332 g/mol. The topological polar surface area (TPSA) is 97.2 Å². The fraction of sp³-hybridized carbons (Fsp3) is 0.158. The van der Waals surface area contributed by atoms with E-state index in [2.05, 4.69) is 15.6 Å². The van der Waals surface area contributed by atoms with Crippen LogP contribution in [0.25, 0.3) is 10.9 Å². The Hall–Kier alpha value is -3.48. The van der Waals surface area contributed by atoms with Gasteiger partial charge in [0.2, 0.25) is 0 Å². The number of nitro benzene ring substituents is 1. The van der Waals surface area contributed by atoms with Crippen LogP contribution >= 0.6 is 0 Å². The van der Waals surface area contributed by atoms with Gasteiger partial charge in [-0.15, -0.1) is 0 Å². The van der Waals surface area contributed by atoms with Gasteiger partial charge in [0.1, 0.15) is 5.52 Å². The van der Waals surface area contributed by atoms with Crippen LogP contribution in [0, 0.1) is 10.1 Å². The van der Waals surface area contributed by atoms with Crippen LogP contribution in [0.15, 0.2) is 54.7 Å². The molecule has 26 heavy (non-hydrogen) atoms. The molecule has 0 atom stereocenters. The number of hydrogen-bond donors (Lipinski definition) is 2. The lowest BCUT2D eigenvalue weighted by Crippen LogP contribution is -2.18. The summed E-state index contributed by atoms with van der Waals surface area (Å²) in [4.78, 5) is 26.7. The Morgan fingerprint density at radius 3 is 2.81 bits per heavy atom. The Morgan fingerprint density at radius 1 is 1.19 bits per heavy atom. The van der Waals surface area contributed by atoms with Crippen LogP contribution < -0.4 is 10.6 Å². The van der Waals surface area contributed by atoms with Crippen LogP contribution in [0.4, 0.5) is 11.4 Å². The molecule has 1 heterocycles. The third kappa shape index (κ3) is 3.61. The summed E-state index contributed by atoms with van der Waals surface area (Å²) in [5, 5.41) is 17.6. The van der Waals surface area contributed by atoms with E-state index in [0.29, 0.717) is 29.4 Å². The van der Waals surface area contributed by atoms with E-state index in [1.165, 1.54) is 6.07 Å². The summed E-state index contributed by atoms with van der Waals surface area (Å²) >= 11 is 0. The molecule has 0 radical (unpaired) electrons. The molecule has 3 aromatic rings. The summed E-state index contributed by atoms with van der Waals surface area (Å²) in [5.74, 6) is -0.120. The number of carbonyl (C=O) groups excluding carboxylic acids is 1. The van der Waals surface area contributed by atoms with Gasteiger partial charge in [-0.25, -0.2) is 0 Å². The lowest BCUT2D eigenvalue weighted by atomic mass is 10.1. The highest BCUT2D eigenvalue weighted by Gasteiger charge is 2.14. The van der Waals surface area contributed by atoms with E-state index >= 15 is 0 Å². The lowest BCUT2D eigenvalue weighted by molar-refractivity contribution is -0.383. The van der Waals surface area contributed by atoms with Gasteiger partial charge in [0, 0.05) is 31.4 Å². The van der Waals surface area contributed by atoms with Crippen molar-refractivity contribution in [3.63, 3.8) is 0 Å². The molecule has 0 unspecified atom stereocenters. The number of amides is 1. The van der Waals surface area contributed by atoms with Gasteiger partial charge >= 0.3 is 0 Å². The molecule has 0 aliphatic carbocycles. The van der Waals surface area contributed by atoms with Gasteiger partial charge in [-0.05, 0) is 42.3 Å². The highest BCUT2D eigenvalue weighted by atomic mass is 16.6. The van der Waals surface area contributed by atoms with E-state index in [1.807, 2.05) is 18.2 Å². The van der Waals surface area contributed by atoms with Crippen molar-refractivity contribution in [1.29, 1.82) is 0 Å². The minimum absolute atomic E-state index is 0.0388. The molecule has 0 fully saturated rings. The number of aromatic nitrogens is 1. The molecule has 132 valence electrons. The van der Waals surface area contributed by atoms with E-state index in [9.17, 15) is 14.9 Å². The minimum Gasteiger partial charge on any atom is -0.383 e. The zero-order chi connectivity index (χ0) is 18.5. The fourth-order valence-corrected chi connectivity index (χ4v) is 2.81. The number of benzene rings is 2. The summed E-state index contributed by atoms with van der Waals surface area (Å²) in [6.07, 6.45) is 2.32. The first kappa shape index (κ1) is 17.3. The van der Waals surface area contributed by atoms with Crippen LogP contribution in [-0.4, -0.2) is 29.4 Å². The molecule has 2 aromatic carbocycles. The Labute approximate surface area is 150 Å². The van der Waals surface area contributed by atoms with Crippen molar-refractivity contribution >= 4 is 28.2 Å². The van der Waals surface area contributed by atoms with E-state index in [4.69, 9.17) is 0 Å². The number of anilines is 1. The first-order valence-electron chi connectivity index (χ1n) is 8.17. The summed E-state index contributed by atoms with van der Waals surface area (Å²) in [6, 6.07) is 14.0. The zero-order valence-corrected chi connectivity index (χ0v) is 14.2. The van der Waals surface area contributed by atoms with Crippen molar-refractivity contribution in [2.24, 2.45) is 0 Å². The molecule has 2 N–H and O–H groups in total. The van der Waals surface area contributed by atoms with Crippen LogP contribution in [-0.2, 0) is 6.42 Å². The van der Waals surface area contributed by atoms with Crippen LogP contribution in [0.3, 0.4) is 0 Å². The molecule has 0 saturated heterocycles. The quantitative estimate of drug-likeness (QED) is 0.526. The molecule has 0 bridgehead atoms. The number of nitro groups is 1. The van der Waals surface area contributed by atoms with Gasteiger partial charge in [-0.1, -0.05) is 12.1 Å². The van der Waals surface area contributed by atoms with Crippen LogP contribution in [0.2, 0.25) is 0 Å². The summed E-state index contributed by atoms with van der Waals surface area (Å²) < 4.78 is 0. The standard InChI is InChI=1S/C19H18N4O3/c1-20-19(24)14-5-2-4-13(12-14)9-11-21-16-7-8-17(23(25)26)15-6-3-10-22-18(15)16/h2-8,10,12,21H,9,11H2,1H3,(H,20,24). The number of nitrogens with zero attached hydrogens (tertiary/aromatic N) is 2. The van der Waals surface area contributed by atoms with Gasteiger partial charge in [0.15, 0.2) is 0 Å². The van der Waals surface area contributed by atoms with Crippen molar-refractivity contribution in [2.75, 3.05) is 18.9 Å². The fourth-order valence-electron chi connectivity index (χ4n) is 2.81. The maximum Gasteiger partial charge on any atom is 0.278 e. The van der Waals surface area contributed by atoms with Gasteiger partial charge in [-0.2, -0.15) is 0 Å². The Kier molecular flexibility index (Phi) is 5.07. The van der Waals surface area contributed by atoms with Crippen molar-refractivity contribution in [1.82, 2.24) is 10.3 Å². The number of nitrogens with one attached hydrogen (secondary N) is 2. The Bertz CT molecular complexity index is 972. The molecule has 0 aliphatic heterocycles. The van der Waals surface area contributed by atoms with Gasteiger partial charge in [-0.3, -0.25) is 19.9 Å². The normalized spacial score (nSPS) is 10.5. The Balaban J connectivity index is 1.76. The largest absolute Gasteiger partial charge is 0.383 e. The van der Waals surface area contributed by atoms with E-state index in [1.54, 1.807) is 37.5 Å². The van der Waals surface area contributed by atoms with Crippen LogP contribution in [0.5, 0.6) is 0 Å². The van der Waals surface area contributed by atoms with Gasteiger partial charge in [0.25, 0.3) is 11.6 Å². The molecule has 3 rings (SSSR count). The molecule has 1 amide bonds.